The number of carbonyl (C=O) groups excluding carboxylic acids is 1. The number of aromatic nitrogens is 2. The zero-order valence-corrected chi connectivity index (χ0v) is 17.7. The van der Waals surface area contributed by atoms with Gasteiger partial charge in [-0.1, -0.05) is 30.7 Å². The van der Waals surface area contributed by atoms with Crippen LogP contribution in [0.2, 0.25) is 0 Å². The molecule has 0 aliphatic rings. The van der Waals surface area contributed by atoms with Crippen molar-refractivity contribution in [1.82, 2.24) is 10.2 Å². The summed E-state index contributed by atoms with van der Waals surface area (Å²) in [6.45, 7) is 3.89. The number of nitrogens with zero attached hydrogens (tertiary/aromatic N) is 4. The number of hydrogen-bond acceptors (Lipinski definition) is 8. The number of rotatable bonds is 8. The molecule has 2 aromatic heterocycles. The Morgan fingerprint density at radius 2 is 2.16 bits per heavy atom. The summed E-state index contributed by atoms with van der Waals surface area (Å²) in [5, 5.41) is 32.1. The van der Waals surface area contributed by atoms with Gasteiger partial charge < -0.3 is 4.42 Å². The van der Waals surface area contributed by atoms with Crippen LogP contribution in [0.3, 0.4) is 0 Å². The molecule has 0 aliphatic heterocycles. The molecule has 0 bridgehead atoms. The normalized spacial score (nSPS) is 11.2. The lowest BCUT2D eigenvalue weighted by Crippen LogP contribution is -2.13. The molecule has 0 unspecified atom stereocenters. The average Bonchev–Trinajstić information content (AvgIpc) is 3.40. The van der Waals surface area contributed by atoms with Crippen molar-refractivity contribution in [1.29, 1.82) is 5.26 Å². The summed E-state index contributed by atoms with van der Waals surface area (Å²) in [6, 6.07) is 9.55. The van der Waals surface area contributed by atoms with E-state index in [0.29, 0.717) is 16.5 Å². The van der Waals surface area contributed by atoms with E-state index in [2.05, 4.69) is 22.4 Å². The van der Waals surface area contributed by atoms with E-state index in [4.69, 9.17) is 4.42 Å². The monoisotopic (exact) mass is 437 g/mol. The molecule has 9 nitrogen and oxygen atoms in total. The molecule has 0 saturated carbocycles. The Balaban J connectivity index is 1.78. The Labute approximate surface area is 182 Å². The highest BCUT2D eigenvalue weighted by molar-refractivity contribution is 7.15. The Kier molecular flexibility index (Phi) is 6.89. The first-order valence-electron chi connectivity index (χ1n) is 9.52. The zero-order valence-electron chi connectivity index (χ0n) is 16.9. The lowest BCUT2D eigenvalue weighted by Gasteiger charge is -2.02. The van der Waals surface area contributed by atoms with Crippen LogP contribution in [0.1, 0.15) is 36.1 Å². The van der Waals surface area contributed by atoms with E-state index >= 15 is 0 Å². The first-order chi connectivity index (χ1) is 14.9. The third-order valence-electron chi connectivity index (χ3n) is 4.41. The van der Waals surface area contributed by atoms with Gasteiger partial charge in [0.2, 0.25) is 5.13 Å². The summed E-state index contributed by atoms with van der Waals surface area (Å²) < 4.78 is 5.71. The lowest BCUT2D eigenvalue weighted by atomic mass is 10.1. The Hall–Kier alpha value is -3.84. The maximum atomic E-state index is 12.4. The summed E-state index contributed by atoms with van der Waals surface area (Å²) in [6.07, 6.45) is 4.11. The molecule has 3 rings (SSSR count). The number of nitro benzene ring substituents is 1. The molecule has 3 aromatic rings. The van der Waals surface area contributed by atoms with Crippen molar-refractivity contribution in [2.45, 2.75) is 33.1 Å². The van der Waals surface area contributed by atoms with E-state index in [-0.39, 0.29) is 17.0 Å². The van der Waals surface area contributed by atoms with Crippen molar-refractivity contribution in [3.63, 3.8) is 0 Å². The molecule has 1 N–H and O–H groups in total. The third kappa shape index (κ3) is 5.40. The number of aryl methyl sites for hydroxylation is 2. The van der Waals surface area contributed by atoms with Crippen LogP contribution in [0.5, 0.6) is 0 Å². The lowest BCUT2D eigenvalue weighted by molar-refractivity contribution is -0.384. The SMILES string of the molecule is CCCCc1nnc(NC(=O)/C(C#N)=C\c2ccc(-c3cc([N+](=O)[O-])ccc3C)o2)s1. The van der Waals surface area contributed by atoms with Crippen molar-refractivity contribution in [3.8, 4) is 17.4 Å². The van der Waals surface area contributed by atoms with Crippen molar-refractivity contribution in [2.24, 2.45) is 0 Å². The van der Waals surface area contributed by atoms with E-state index in [1.165, 1.54) is 29.5 Å². The summed E-state index contributed by atoms with van der Waals surface area (Å²) in [4.78, 5) is 23.0. The highest BCUT2D eigenvalue weighted by atomic mass is 32.1. The minimum Gasteiger partial charge on any atom is -0.457 e. The molecule has 0 spiro atoms. The van der Waals surface area contributed by atoms with E-state index in [1.54, 1.807) is 18.2 Å². The number of unbranched alkanes of at least 4 members (excludes halogenated alkanes) is 1. The van der Waals surface area contributed by atoms with Crippen LogP contribution < -0.4 is 5.32 Å². The molecular weight excluding hydrogens is 418 g/mol. The summed E-state index contributed by atoms with van der Waals surface area (Å²) in [7, 11) is 0. The zero-order chi connectivity index (χ0) is 22.4. The minimum atomic E-state index is -0.620. The number of nitriles is 1. The van der Waals surface area contributed by atoms with Crippen molar-refractivity contribution >= 4 is 34.1 Å². The highest BCUT2D eigenvalue weighted by Gasteiger charge is 2.16. The van der Waals surface area contributed by atoms with E-state index < -0.39 is 10.8 Å². The van der Waals surface area contributed by atoms with Gasteiger partial charge in [0.1, 0.15) is 28.2 Å². The Morgan fingerprint density at radius 1 is 1.35 bits per heavy atom. The molecule has 31 heavy (non-hydrogen) atoms. The molecule has 1 amide bonds. The second-order valence-electron chi connectivity index (χ2n) is 6.69. The molecule has 0 saturated heterocycles. The van der Waals surface area contributed by atoms with Gasteiger partial charge in [-0.15, -0.1) is 10.2 Å². The predicted octanol–water partition coefficient (Wildman–Crippen LogP) is 4.90. The molecule has 0 atom stereocenters. The van der Waals surface area contributed by atoms with Crippen LogP contribution in [-0.4, -0.2) is 21.0 Å². The van der Waals surface area contributed by atoms with Crippen LogP contribution in [0.15, 0.2) is 40.3 Å². The first kappa shape index (κ1) is 21.9. The van der Waals surface area contributed by atoms with Crippen LogP contribution in [0.4, 0.5) is 10.8 Å². The van der Waals surface area contributed by atoms with Gasteiger partial charge >= 0.3 is 0 Å². The number of benzene rings is 1. The maximum Gasteiger partial charge on any atom is 0.270 e. The number of nitrogens with one attached hydrogen (secondary N) is 1. The van der Waals surface area contributed by atoms with E-state index in [9.17, 15) is 20.2 Å². The van der Waals surface area contributed by atoms with Crippen LogP contribution >= 0.6 is 11.3 Å². The van der Waals surface area contributed by atoms with Gasteiger partial charge in [-0.2, -0.15) is 5.26 Å². The summed E-state index contributed by atoms with van der Waals surface area (Å²) in [5.74, 6) is 0.0495. The molecule has 158 valence electrons. The standard InChI is InChI=1S/C21H19N5O4S/c1-3-4-5-19-24-25-21(31-19)23-20(27)14(12-22)10-16-8-9-18(30-16)17-11-15(26(28)29)7-6-13(17)2/h6-11H,3-5H2,1-2H3,(H,23,25,27)/b14-10-. The summed E-state index contributed by atoms with van der Waals surface area (Å²) >= 11 is 1.27. The first-order valence-corrected chi connectivity index (χ1v) is 10.3. The van der Waals surface area contributed by atoms with Gasteiger partial charge in [0.05, 0.1) is 4.92 Å². The Bertz CT molecular complexity index is 1190. The maximum absolute atomic E-state index is 12.4. The molecule has 2 heterocycles. The van der Waals surface area contributed by atoms with Crippen molar-refractivity contribution in [3.05, 3.63) is 62.4 Å². The van der Waals surface area contributed by atoms with Gasteiger partial charge in [0.15, 0.2) is 0 Å². The fourth-order valence-electron chi connectivity index (χ4n) is 2.75. The van der Waals surface area contributed by atoms with Gasteiger partial charge in [0.25, 0.3) is 11.6 Å². The molecular formula is C21H19N5O4S. The third-order valence-corrected chi connectivity index (χ3v) is 5.31. The number of non-ortho nitro benzene ring substituents is 1. The van der Waals surface area contributed by atoms with Crippen LogP contribution in [0.25, 0.3) is 17.4 Å². The van der Waals surface area contributed by atoms with E-state index in [0.717, 1.165) is 29.8 Å². The summed E-state index contributed by atoms with van der Waals surface area (Å²) in [5.41, 5.74) is 1.14. The van der Waals surface area contributed by atoms with Gasteiger partial charge in [-0.25, -0.2) is 0 Å². The number of nitro groups is 1. The topological polar surface area (TPSA) is 135 Å². The van der Waals surface area contributed by atoms with Crippen LogP contribution in [-0.2, 0) is 11.2 Å². The molecule has 0 fully saturated rings. The van der Waals surface area contributed by atoms with Gasteiger partial charge in [-0.05, 0) is 31.0 Å². The molecule has 0 radical (unpaired) electrons. The highest BCUT2D eigenvalue weighted by Crippen LogP contribution is 2.30. The second-order valence-corrected chi connectivity index (χ2v) is 7.75. The quantitative estimate of drug-likeness (QED) is 0.229. The average molecular weight is 437 g/mol. The molecule has 10 heteroatoms. The predicted molar refractivity (Wildman–Crippen MR) is 116 cm³/mol. The fourth-order valence-corrected chi connectivity index (χ4v) is 3.53. The number of carbonyl (C=O) groups is 1. The molecule has 1 aromatic carbocycles. The van der Waals surface area contributed by atoms with Gasteiger partial charge in [-0.3, -0.25) is 20.2 Å². The number of hydrogen-bond donors (Lipinski definition) is 1. The smallest absolute Gasteiger partial charge is 0.270 e. The fraction of sp³-hybridized carbons (Fsp3) is 0.238. The number of furan rings is 1. The van der Waals surface area contributed by atoms with Crippen molar-refractivity contribution < 1.29 is 14.1 Å². The molecule has 0 aliphatic carbocycles. The number of amides is 1. The minimum absolute atomic E-state index is 0.0541. The second kappa shape index (κ2) is 9.77. The number of anilines is 1. The Morgan fingerprint density at radius 3 is 2.87 bits per heavy atom. The van der Waals surface area contributed by atoms with Crippen LogP contribution in [0, 0.1) is 28.4 Å². The van der Waals surface area contributed by atoms with E-state index in [1.807, 2.05) is 13.0 Å². The van der Waals surface area contributed by atoms with Gasteiger partial charge in [0, 0.05) is 30.2 Å². The van der Waals surface area contributed by atoms with Crippen molar-refractivity contribution in [2.75, 3.05) is 5.32 Å². The largest absolute Gasteiger partial charge is 0.457 e.